The Balaban J connectivity index is 0.00000361. The first-order chi connectivity index (χ1) is 9.11. The molecule has 0 aliphatic heterocycles. The van der Waals surface area contributed by atoms with Crippen molar-refractivity contribution in [2.45, 2.75) is 20.3 Å². The van der Waals surface area contributed by atoms with Gasteiger partial charge in [0.15, 0.2) is 5.96 Å². The molecule has 1 aromatic rings. The molecule has 0 aromatic heterocycles. The van der Waals surface area contributed by atoms with E-state index in [1.54, 1.807) is 0 Å². The molecule has 0 atom stereocenters. The van der Waals surface area contributed by atoms with Gasteiger partial charge in [0.25, 0.3) is 0 Å². The van der Waals surface area contributed by atoms with Crippen LogP contribution >= 0.6 is 24.0 Å². The molecule has 0 fully saturated rings. The van der Waals surface area contributed by atoms with Gasteiger partial charge in [-0.15, -0.1) is 24.0 Å². The Labute approximate surface area is 138 Å². The van der Waals surface area contributed by atoms with Crippen LogP contribution in [0.25, 0.3) is 0 Å². The third-order valence-corrected chi connectivity index (χ3v) is 2.50. The highest BCUT2D eigenvalue weighted by Crippen LogP contribution is 2.09. The largest absolute Gasteiger partial charge is 0.375 e. The number of nitrogens with one attached hydrogen (secondary N) is 1. The van der Waals surface area contributed by atoms with Crippen LogP contribution in [0.5, 0.6) is 0 Å². The number of halogens is 1. The third-order valence-electron chi connectivity index (χ3n) is 2.50. The fourth-order valence-electron chi connectivity index (χ4n) is 1.49. The number of aryl methyl sites for hydroxylation is 1. The van der Waals surface area contributed by atoms with Crippen LogP contribution < -0.4 is 11.1 Å². The lowest BCUT2D eigenvalue weighted by Gasteiger charge is -2.06. The van der Waals surface area contributed by atoms with Gasteiger partial charge < -0.3 is 15.8 Å². The van der Waals surface area contributed by atoms with Crippen molar-refractivity contribution in [3.05, 3.63) is 42.0 Å². The Hall–Kier alpha value is -1.08. The van der Waals surface area contributed by atoms with E-state index in [1.165, 1.54) is 5.56 Å². The molecule has 5 heteroatoms. The fourth-order valence-corrected chi connectivity index (χ4v) is 1.49. The van der Waals surface area contributed by atoms with Crippen molar-refractivity contribution in [3.63, 3.8) is 0 Å². The van der Waals surface area contributed by atoms with Crippen LogP contribution in [0.2, 0.25) is 0 Å². The van der Waals surface area contributed by atoms with E-state index in [0.29, 0.717) is 25.7 Å². The molecule has 112 valence electrons. The SMILES string of the molecule is C=C(C)COCCN=C(N)Nc1ccc(CC)cc1.I. The molecule has 0 saturated carbocycles. The van der Waals surface area contributed by atoms with Crippen LogP contribution in [0.4, 0.5) is 5.69 Å². The second-order valence-corrected chi connectivity index (χ2v) is 4.45. The third kappa shape index (κ3) is 8.16. The van der Waals surface area contributed by atoms with Crippen molar-refractivity contribution in [1.29, 1.82) is 0 Å². The lowest BCUT2D eigenvalue weighted by molar-refractivity contribution is 0.165. The molecule has 0 aliphatic rings. The summed E-state index contributed by atoms with van der Waals surface area (Å²) in [7, 11) is 0. The zero-order valence-corrected chi connectivity index (χ0v) is 14.5. The molecule has 0 heterocycles. The first-order valence-electron chi connectivity index (χ1n) is 6.49. The van der Waals surface area contributed by atoms with Crippen LogP contribution in [-0.4, -0.2) is 25.7 Å². The van der Waals surface area contributed by atoms with Crippen molar-refractivity contribution >= 4 is 35.6 Å². The molecule has 0 radical (unpaired) electrons. The number of ether oxygens (including phenoxy) is 1. The zero-order chi connectivity index (χ0) is 14.1. The second-order valence-electron chi connectivity index (χ2n) is 4.45. The normalized spacial score (nSPS) is 10.8. The van der Waals surface area contributed by atoms with Gasteiger partial charge >= 0.3 is 0 Å². The van der Waals surface area contributed by atoms with Gasteiger partial charge in [-0.3, -0.25) is 4.99 Å². The Morgan fingerprint density at radius 1 is 1.35 bits per heavy atom. The molecule has 4 nitrogen and oxygen atoms in total. The zero-order valence-electron chi connectivity index (χ0n) is 12.2. The highest BCUT2D eigenvalue weighted by Gasteiger charge is 1.95. The minimum Gasteiger partial charge on any atom is -0.375 e. The topological polar surface area (TPSA) is 59.6 Å². The van der Waals surface area contributed by atoms with Crippen LogP contribution in [0.1, 0.15) is 19.4 Å². The number of nitrogens with two attached hydrogens (primary N) is 1. The van der Waals surface area contributed by atoms with Crippen LogP contribution in [-0.2, 0) is 11.2 Å². The summed E-state index contributed by atoms with van der Waals surface area (Å²) in [4.78, 5) is 4.19. The summed E-state index contributed by atoms with van der Waals surface area (Å²) in [6.07, 6.45) is 1.03. The maximum atomic E-state index is 5.78. The molecule has 0 amide bonds. The first kappa shape index (κ1) is 18.9. The number of rotatable bonds is 7. The van der Waals surface area contributed by atoms with Gasteiger partial charge in [0, 0.05) is 5.69 Å². The molecule has 0 aliphatic carbocycles. The van der Waals surface area contributed by atoms with E-state index in [9.17, 15) is 0 Å². The second kappa shape index (κ2) is 10.7. The van der Waals surface area contributed by atoms with Crippen LogP contribution in [0, 0.1) is 0 Å². The molecule has 1 rings (SSSR count). The maximum Gasteiger partial charge on any atom is 0.193 e. The van der Waals surface area contributed by atoms with Crippen molar-refractivity contribution in [1.82, 2.24) is 0 Å². The van der Waals surface area contributed by atoms with Crippen molar-refractivity contribution in [2.24, 2.45) is 10.7 Å². The fraction of sp³-hybridized carbons (Fsp3) is 0.400. The Morgan fingerprint density at radius 2 is 2.00 bits per heavy atom. The van der Waals surface area contributed by atoms with E-state index in [1.807, 2.05) is 19.1 Å². The van der Waals surface area contributed by atoms with Gasteiger partial charge in [-0.05, 0) is 31.0 Å². The van der Waals surface area contributed by atoms with Crippen molar-refractivity contribution in [2.75, 3.05) is 25.1 Å². The van der Waals surface area contributed by atoms with E-state index in [2.05, 4.69) is 35.9 Å². The maximum absolute atomic E-state index is 5.78. The molecule has 0 unspecified atom stereocenters. The Morgan fingerprint density at radius 3 is 2.55 bits per heavy atom. The van der Waals surface area contributed by atoms with E-state index < -0.39 is 0 Å². The number of benzene rings is 1. The van der Waals surface area contributed by atoms with Gasteiger partial charge in [-0.25, -0.2) is 0 Å². The van der Waals surface area contributed by atoms with Gasteiger partial charge in [-0.1, -0.05) is 31.2 Å². The summed E-state index contributed by atoms with van der Waals surface area (Å²) in [5, 5.41) is 3.05. The molecule has 3 N–H and O–H groups in total. The highest BCUT2D eigenvalue weighted by molar-refractivity contribution is 14.0. The van der Waals surface area contributed by atoms with E-state index in [4.69, 9.17) is 10.5 Å². The van der Waals surface area contributed by atoms with E-state index in [-0.39, 0.29) is 24.0 Å². The smallest absolute Gasteiger partial charge is 0.193 e. The lowest BCUT2D eigenvalue weighted by atomic mass is 10.1. The number of anilines is 1. The molecular weight excluding hydrogens is 365 g/mol. The van der Waals surface area contributed by atoms with Crippen LogP contribution in [0.15, 0.2) is 41.4 Å². The molecule has 0 saturated heterocycles. The summed E-state index contributed by atoms with van der Waals surface area (Å²) >= 11 is 0. The average Bonchev–Trinajstić information content (AvgIpc) is 2.39. The first-order valence-corrected chi connectivity index (χ1v) is 6.49. The highest BCUT2D eigenvalue weighted by atomic mass is 127. The van der Waals surface area contributed by atoms with Crippen molar-refractivity contribution < 1.29 is 4.74 Å². The molecule has 0 bridgehead atoms. The molecular formula is C15H24IN3O. The number of hydrogen-bond acceptors (Lipinski definition) is 2. The molecule has 0 spiro atoms. The minimum atomic E-state index is 0. The van der Waals surface area contributed by atoms with Crippen molar-refractivity contribution in [3.8, 4) is 0 Å². The van der Waals surface area contributed by atoms with Gasteiger partial charge in [0.2, 0.25) is 0 Å². The quantitative estimate of drug-likeness (QED) is 0.248. The Bertz CT molecular complexity index is 429. The van der Waals surface area contributed by atoms with Gasteiger partial charge in [0.1, 0.15) is 0 Å². The van der Waals surface area contributed by atoms with E-state index >= 15 is 0 Å². The number of aliphatic imine (C=N–C) groups is 1. The summed E-state index contributed by atoms with van der Waals surface area (Å²) in [6.45, 7) is 9.48. The molecule has 20 heavy (non-hydrogen) atoms. The van der Waals surface area contributed by atoms with Gasteiger partial charge in [-0.2, -0.15) is 0 Å². The summed E-state index contributed by atoms with van der Waals surface area (Å²) in [5.41, 5.74) is 9.04. The monoisotopic (exact) mass is 389 g/mol. The van der Waals surface area contributed by atoms with Gasteiger partial charge in [0.05, 0.1) is 19.8 Å². The predicted molar refractivity (Wildman–Crippen MR) is 97.0 cm³/mol. The van der Waals surface area contributed by atoms with Crippen LogP contribution in [0.3, 0.4) is 0 Å². The lowest BCUT2D eigenvalue weighted by Crippen LogP contribution is -2.23. The Kier molecular flexibility index (Phi) is 10.1. The van der Waals surface area contributed by atoms with E-state index in [0.717, 1.165) is 17.7 Å². The molecule has 1 aromatic carbocycles. The standard InChI is InChI=1S/C15H23N3O.HI/c1-4-13-5-7-14(8-6-13)18-15(16)17-9-10-19-11-12(2)3;/h5-8H,2,4,9-11H2,1,3H3,(H3,16,17,18);1H. The minimum absolute atomic E-state index is 0. The predicted octanol–water partition coefficient (Wildman–Crippen LogP) is 3.19. The number of nitrogens with zero attached hydrogens (tertiary/aromatic N) is 1. The number of guanidine groups is 1. The summed E-state index contributed by atoms with van der Waals surface area (Å²) < 4.78 is 5.34. The average molecular weight is 389 g/mol. The number of hydrogen-bond donors (Lipinski definition) is 2. The summed E-state index contributed by atoms with van der Waals surface area (Å²) in [5.74, 6) is 0.406. The summed E-state index contributed by atoms with van der Waals surface area (Å²) in [6, 6.07) is 8.15.